The number of hydrogen-bond acceptors (Lipinski definition) is 2. The molecule has 0 aliphatic heterocycles. The smallest absolute Gasteiger partial charge is 0.231 e. The van der Waals surface area contributed by atoms with Crippen LogP contribution in [0.1, 0.15) is 34.6 Å². The normalized spacial score (nSPS) is 12.5. The molecule has 0 fully saturated rings. The highest BCUT2D eigenvalue weighted by molar-refractivity contribution is 6.80. The fourth-order valence-corrected chi connectivity index (χ4v) is 6.36. The second kappa shape index (κ2) is 6.46. The van der Waals surface area contributed by atoms with Crippen molar-refractivity contribution in [2.45, 2.75) is 41.2 Å². The second-order valence-electron chi connectivity index (χ2n) is 4.15. The van der Waals surface area contributed by atoms with E-state index < -0.39 is 8.40 Å². The predicted molar refractivity (Wildman–Crippen MR) is 72.3 cm³/mol. The molecule has 0 aromatic rings. The van der Waals surface area contributed by atoms with Crippen molar-refractivity contribution in [2.75, 3.05) is 26.2 Å². The molecular weight excluding hydrogens is 200 g/mol. The molecule has 0 radical (unpaired) electrons. The van der Waals surface area contributed by atoms with Gasteiger partial charge in [0, 0.05) is 0 Å². The molecule has 0 aromatic heterocycles. The van der Waals surface area contributed by atoms with Gasteiger partial charge in [-0.3, -0.25) is 0 Å². The summed E-state index contributed by atoms with van der Waals surface area (Å²) in [4.78, 5) is 0. The molecule has 0 spiro atoms. The van der Waals surface area contributed by atoms with Crippen LogP contribution in [-0.2, 0) is 0 Å². The maximum Gasteiger partial charge on any atom is 0.231 e. The van der Waals surface area contributed by atoms with E-state index in [-0.39, 0.29) is 0 Å². The molecule has 0 aromatic carbocycles. The summed E-state index contributed by atoms with van der Waals surface area (Å²) >= 11 is 0. The number of allylic oxidation sites excluding steroid dienone is 1. The van der Waals surface area contributed by atoms with Crippen molar-refractivity contribution in [3.05, 3.63) is 11.8 Å². The molecule has 0 unspecified atom stereocenters. The summed E-state index contributed by atoms with van der Waals surface area (Å²) in [5, 5.41) is 1.37. The number of hydrogen-bond donors (Lipinski definition) is 0. The van der Waals surface area contributed by atoms with Crippen molar-refractivity contribution < 1.29 is 0 Å². The SMILES string of the molecule is C=C(C)[Si](C)(N(CC)CC)N(CC)CC. The van der Waals surface area contributed by atoms with Crippen LogP contribution in [0.4, 0.5) is 0 Å². The molecule has 2 nitrogen and oxygen atoms in total. The Hall–Kier alpha value is -0.123. The maximum absolute atomic E-state index is 4.24. The molecule has 15 heavy (non-hydrogen) atoms. The zero-order valence-electron chi connectivity index (χ0n) is 11.4. The average Bonchev–Trinajstić information content (AvgIpc) is 2.21. The van der Waals surface area contributed by atoms with Crippen LogP contribution in [0.2, 0.25) is 6.55 Å². The van der Waals surface area contributed by atoms with Crippen LogP contribution in [0.3, 0.4) is 0 Å². The van der Waals surface area contributed by atoms with Gasteiger partial charge in [0.25, 0.3) is 0 Å². The first-order valence-electron chi connectivity index (χ1n) is 6.14. The quantitative estimate of drug-likeness (QED) is 0.618. The molecule has 0 atom stereocenters. The summed E-state index contributed by atoms with van der Waals surface area (Å²) in [7, 11) is -1.61. The Kier molecular flexibility index (Phi) is 6.40. The molecule has 0 heterocycles. The van der Waals surface area contributed by atoms with Gasteiger partial charge < -0.3 is 9.13 Å². The van der Waals surface area contributed by atoms with Crippen molar-refractivity contribution >= 4 is 8.40 Å². The van der Waals surface area contributed by atoms with E-state index in [1.165, 1.54) is 5.20 Å². The monoisotopic (exact) mass is 228 g/mol. The van der Waals surface area contributed by atoms with Crippen LogP contribution >= 0.6 is 0 Å². The number of rotatable bonds is 7. The average molecular weight is 228 g/mol. The van der Waals surface area contributed by atoms with Crippen molar-refractivity contribution in [3.8, 4) is 0 Å². The summed E-state index contributed by atoms with van der Waals surface area (Å²) in [5.41, 5.74) is 0. The van der Waals surface area contributed by atoms with Crippen LogP contribution in [0.15, 0.2) is 11.8 Å². The van der Waals surface area contributed by atoms with Gasteiger partial charge in [-0.25, -0.2) is 0 Å². The van der Waals surface area contributed by atoms with Gasteiger partial charge in [-0.2, -0.15) is 0 Å². The Bertz CT molecular complexity index is 184. The highest BCUT2D eigenvalue weighted by Gasteiger charge is 2.39. The third-order valence-corrected chi connectivity index (χ3v) is 8.91. The van der Waals surface area contributed by atoms with E-state index >= 15 is 0 Å². The lowest BCUT2D eigenvalue weighted by Crippen LogP contribution is -2.64. The Labute approximate surface area is 97.1 Å². The summed E-state index contributed by atoms with van der Waals surface area (Å²) < 4.78 is 5.23. The van der Waals surface area contributed by atoms with Crippen molar-refractivity contribution in [1.29, 1.82) is 0 Å². The van der Waals surface area contributed by atoms with Crippen molar-refractivity contribution in [2.24, 2.45) is 0 Å². The van der Waals surface area contributed by atoms with E-state index in [9.17, 15) is 0 Å². The predicted octanol–water partition coefficient (Wildman–Crippen LogP) is 2.86. The van der Waals surface area contributed by atoms with E-state index in [0.717, 1.165) is 26.2 Å². The van der Waals surface area contributed by atoms with Crippen LogP contribution in [0.25, 0.3) is 0 Å². The van der Waals surface area contributed by atoms with Crippen LogP contribution in [0, 0.1) is 0 Å². The summed E-state index contributed by atoms with van der Waals surface area (Å²) in [6, 6.07) is 0. The minimum atomic E-state index is -1.61. The Balaban J connectivity index is 5.10. The van der Waals surface area contributed by atoms with Crippen molar-refractivity contribution in [1.82, 2.24) is 9.13 Å². The molecule has 0 amide bonds. The topological polar surface area (TPSA) is 6.48 Å². The standard InChI is InChI=1S/C12H28N2Si/c1-8-13(9-2)15(7,12(5)6)14(10-3)11-4/h5,8-11H2,1-4,6-7H3. The minimum absolute atomic E-state index is 1.13. The van der Waals surface area contributed by atoms with Gasteiger partial charge in [0.1, 0.15) is 0 Å². The molecule has 0 rings (SSSR count). The Morgan fingerprint density at radius 1 is 0.933 bits per heavy atom. The lowest BCUT2D eigenvalue weighted by molar-refractivity contribution is 0.363. The van der Waals surface area contributed by atoms with Gasteiger partial charge in [0.2, 0.25) is 8.40 Å². The molecule has 0 saturated carbocycles. The first kappa shape index (κ1) is 14.9. The van der Waals surface area contributed by atoms with Gasteiger partial charge in [0.05, 0.1) is 0 Å². The maximum atomic E-state index is 4.24. The Morgan fingerprint density at radius 3 is 1.33 bits per heavy atom. The molecule has 3 heteroatoms. The molecular formula is C12H28N2Si. The first-order chi connectivity index (χ1) is 6.98. The highest BCUT2D eigenvalue weighted by atomic mass is 28.3. The molecule has 90 valence electrons. The zero-order valence-corrected chi connectivity index (χ0v) is 12.4. The van der Waals surface area contributed by atoms with Crippen LogP contribution in [-0.4, -0.2) is 43.7 Å². The van der Waals surface area contributed by atoms with E-state index in [1.807, 2.05) is 0 Å². The lowest BCUT2D eigenvalue weighted by Gasteiger charge is -2.46. The lowest BCUT2D eigenvalue weighted by atomic mass is 10.7. The van der Waals surface area contributed by atoms with Crippen LogP contribution < -0.4 is 0 Å². The minimum Gasteiger partial charge on any atom is -0.309 e. The fourth-order valence-electron chi connectivity index (χ4n) is 2.42. The molecule has 0 bridgehead atoms. The van der Waals surface area contributed by atoms with Crippen LogP contribution in [0.5, 0.6) is 0 Å². The van der Waals surface area contributed by atoms with E-state index in [1.54, 1.807) is 0 Å². The summed E-state index contributed by atoms with van der Waals surface area (Å²) in [5.74, 6) is 0. The summed E-state index contributed by atoms with van der Waals surface area (Å²) in [6.45, 7) is 22.4. The van der Waals surface area contributed by atoms with E-state index in [4.69, 9.17) is 0 Å². The van der Waals surface area contributed by atoms with Gasteiger partial charge in [0.15, 0.2) is 0 Å². The third kappa shape index (κ3) is 2.92. The van der Waals surface area contributed by atoms with Gasteiger partial charge in [-0.05, 0) is 39.6 Å². The Morgan fingerprint density at radius 2 is 1.20 bits per heavy atom. The van der Waals surface area contributed by atoms with Gasteiger partial charge in [-0.1, -0.05) is 32.9 Å². The van der Waals surface area contributed by atoms with Crippen molar-refractivity contribution in [3.63, 3.8) is 0 Å². The zero-order chi connectivity index (χ0) is 12.1. The largest absolute Gasteiger partial charge is 0.309 e. The molecule has 0 aliphatic rings. The number of nitrogens with zero attached hydrogens (tertiary/aromatic N) is 2. The molecule has 0 saturated heterocycles. The third-order valence-electron chi connectivity index (χ3n) is 3.57. The van der Waals surface area contributed by atoms with E-state index in [0.29, 0.717) is 0 Å². The highest BCUT2D eigenvalue weighted by Crippen LogP contribution is 2.22. The second-order valence-corrected chi connectivity index (χ2v) is 8.31. The summed E-state index contributed by atoms with van der Waals surface area (Å²) in [6.07, 6.45) is 0. The first-order valence-corrected chi connectivity index (χ1v) is 8.54. The fraction of sp³-hybridized carbons (Fsp3) is 0.833. The van der Waals surface area contributed by atoms with Gasteiger partial charge in [-0.15, -0.1) is 6.58 Å². The molecule has 0 aliphatic carbocycles. The molecule has 0 N–H and O–H groups in total. The van der Waals surface area contributed by atoms with Gasteiger partial charge >= 0.3 is 0 Å². The van der Waals surface area contributed by atoms with E-state index in [2.05, 4.69) is 56.9 Å².